The lowest BCUT2D eigenvalue weighted by atomic mass is 9.93. The van der Waals surface area contributed by atoms with Gasteiger partial charge in [-0.2, -0.15) is 5.48 Å². The maximum absolute atomic E-state index is 11.3. The standard InChI is InChI=1S/C15H29NO4/c1-11(2)10-19-12(3)20-16-9-14(15(17)18)8-13-6-4-5-7-13/h11-14,16H,4-10H2,1-3H3,(H,17,18)/t12?,14-/m1/s1. The summed E-state index contributed by atoms with van der Waals surface area (Å²) in [6.07, 6.45) is 5.18. The molecule has 0 radical (unpaired) electrons. The summed E-state index contributed by atoms with van der Waals surface area (Å²) in [4.78, 5) is 16.6. The van der Waals surface area contributed by atoms with Crippen molar-refractivity contribution < 1.29 is 19.5 Å². The van der Waals surface area contributed by atoms with E-state index in [4.69, 9.17) is 9.57 Å². The van der Waals surface area contributed by atoms with Crippen molar-refractivity contribution in [3.05, 3.63) is 0 Å². The van der Waals surface area contributed by atoms with Crippen LogP contribution in [0.4, 0.5) is 0 Å². The second-order valence-corrected chi connectivity index (χ2v) is 6.18. The van der Waals surface area contributed by atoms with Gasteiger partial charge in [0.15, 0.2) is 6.29 Å². The van der Waals surface area contributed by atoms with Crippen molar-refractivity contribution in [2.24, 2.45) is 17.8 Å². The third kappa shape index (κ3) is 7.22. The summed E-state index contributed by atoms with van der Waals surface area (Å²) in [5.74, 6) is -0.109. The molecule has 1 fully saturated rings. The fourth-order valence-electron chi connectivity index (χ4n) is 2.55. The molecular formula is C15H29NO4. The lowest BCUT2D eigenvalue weighted by Gasteiger charge is -2.19. The number of carboxylic acids is 1. The van der Waals surface area contributed by atoms with Gasteiger partial charge in [-0.25, -0.2) is 0 Å². The van der Waals surface area contributed by atoms with Crippen LogP contribution in [0, 0.1) is 17.8 Å². The molecule has 1 aliphatic rings. The second kappa shape index (κ2) is 9.32. The van der Waals surface area contributed by atoms with Crippen LogP contribution >= 0.6 is 0 Å². The molecule has 0 aromatic heterocycles. The highest BCUT2D eigenvalue weighted by Crippen LogP contribution is 2.30. The van der Waals surface area contributed by atoms with E-state index in [0.717, 1.165) is 6.42 Å². The van der Waals surface area contributed by atoms with Crippen molar-refractivity contribution in [3.63, 3.8) is 0 Å². The predicted octanol–water partition coefficient (Wildman–Crippen LogP) is 2.81. The summed E-state index contributed by atoms with van der Waals surface area (Å²) in [6.45, 7) is 6.92. The Morgan fingerprint density at radius 1 is 1.30 bits per heavy atom. The molecule has 0 aromatic carbocycles. The smallest absolute Gasteiger partial charge is 0.307 e. The quantitative estimate of drug-likeness (QED) is 0.478. The predicted molar refractivity (Wildman–Crippen MR) is 77.0 cm³/mol. The Morgan fingerprint density at radius 2 is 1.95 bits per heavy atom. The number of hydrogen-bond donors (Lipinski definition) is 2. The molecule has 0 aliphatic heterocycles. The van der Waals surface area contributed by atoms with Crippen LogP contribution in [0.25, 0.3) is 0 Å². The molecule has 2 atom stereocenters. The van der Waals surface area contributed by atoms with Gasteiger partial charge in [0.2, 0.25) is 0 Å². The first-order chi connectivity index (χ1) is 9.49. The number of aliphatic carboxylic acids is 1. The Balaban J connectivity index is 2.19. The Hall–Kier alpha value is -0.650. The van der Waals surface area contributed by atoms with E-state index in [1.165, 1.54) is 25.7 Å². The number of carboxylic acid groups (broad SMARTS) is 1. The van der Waals surface area contributed by atoms with Crippen molar-refractivity contribution in [2.45, 2.75) is 59.2 Å². The first-order valence-electron chi connectivity index (χ1n) is 7.72. The molecule has 5 nitrogen and oxygen atoms in total. The molecule has 1 rings (SSSR count). The molecule has 0 bridgehead atoms. The summed E-state index contributed by atoms with van der Waals surface area (Å²) < 4.78 is 5.45. The molecule has 0 amide bonds. The minimum absolute atomic E-state index is 0.335. The summed E-state index contributed by atoms with van der Waals surface area (Å²) in [5, 5.41) is 9.25. The van der Waals surface area contributed by atoms with E-state index in [2.05, 4.69) is 19.3 Å². The molecule has 118 valence electrons. The van der Waals surface area contributed by atoms with Crippen LogP contribution in [-0.2, 0) is 14.4 Å². The van der Waals surface area contributed by atoms with Crippen molar-refractivity contribution in [2.75, 3.05) is 13.2 Å². The maximum atomic E-state index is 11.3. The van der Waals surface area contributed by atoms with Gasteiger partial charge in [-0.05, 0) is 25.2 Å². The fraction of sp³-hybridized carbons (Fsp3) is 0.933. The zero-order valence-corrected chi connectivity index (χ0v) is 12.9. The molecule has 5 heteroatoms. The first-order valence-corrected chi connectivity index (χ1v) is 7.72. The van der Waals surface area contributed by atoms with E-state index in [-0.39, 0.29) is 12.2 Å². The topological polar surface area (TPSA) is 67.8 Å². The zero-order valence-electron chi connectivity index (χ0n) is 12.9. The van der Waals surface area contributed by atoms with Gasteiger partial charge < -0.3 is 9.84 Å². The Bertz CT molecular complexity index is 277. The van der Waals surface area contributed by atoms with Crippen LogP contribution in [0.5, 0.6) is 0 Å². The number of carbonyl (C=O) groups is 1. The normalized spacial score (nSPS) is 19.4. The third-order valence-electron chi connectivity index (χ3n) is 3.69. The van der Waals surface area contributed by atoms with Gasteiger partial charge in [-0.15, -0.1) is 0 Å². The number of nitrogens with one attached hydrogen (secondary N) is 1. The molecule has 1 saturated carbocycles. The average molecular weight is 287 g/mol. The number of hydrogen-bond acceptors (Lipinski definition) is 4. The van der Waals surface area contributed by atoms with E-state index in [9.17, 15) is 9.90 Å². The van der Waals surface area contributed by atoms with Crippen LogP contribution in [0.2, 0.25) is 0 Å². The number of hydroxylamine groups is 1. The molecule has 0 saturated heterocycles. The minimum Gasteiger partial charge on any atom is -0.481 e. The zero-order chi connectivity index (χ0) is 15.0. The molecular weight excluding hydrogens is 258 g/mol. The largest absolute Gasteiger partial charge is 0.481 e. The van der Waals surface area contributed by atoms with Gasteiger partial charge in [0.1, 0.15) is 0 Å². The first kappa shape index (κ1) is 17.4. The average Bonchev–Trinajstić information content (AvgIpc) is 2.87. The summed E-state index contributed by atoms with van der Waals surface area (Å²) >= 11 is 0. The van der Waals surface area contributed by atoms with E-state index in [1.807, 2.05) is 6.92 Å². The lowest BCUT2D eigenvalue weighted by Crippen LogP contribution is -2.33. The van der Waals surface area contributed by atoms with Gasteiger partial charge in [0.25, 0.3) is 0 Å². The fourth-order valence-corrected chi connectivity index (χ4v) is 2.55. The van der Waals surface area contributed by atoms with E-state index in [1.54, 1.807) is 0 Å². The molecule has 0 heterocycles. The van der Waals surface area contributed by atoms with Gasteiger partial charge >= 0.3 is 5.97 Å². The second-order valence-electron chi connectivity index (χ2n) is 6.18. The van der Waals surface area contributed by atoms with E-state index in [0.29, 0.717) is 25.0 Å². The van der Waals surface area contributed by atoms with Crippen LogP contribution in [0.3, 0.4) is 0 Å². The van der Waals surface area contributed by atoms with Gasteiger partial charge in [0, 0.05) is 6.54 Å². The summed E-state index contributed by atoms with van der Waals surface area (Å²) in [5.41, 5.74) is 2.76. The Labute approximate surface area is 122 Å². The molecule has 20 heavy (non-hydrogen) atoms. The highest BCUT2D eigenvalue weighted by molar-refractivity contribution is 5.70. The molecule has 0 aromatic rings. The SMILES string of the molecule is CC(C)COC(C)ONC[C@@H](CC1CCCC1)C(=O)O. The number of ether oxygens (including phenoxy) is 1. The van der Waals surface area contributed by atoms with Crippen molar-refractivity contribution in [1.82, 2.24) is 5.48 Å². The molecule has 2 N–H and O–H groups in total. The van der Waals surface area contributed by atoms with Gasteiger partial charge in [-0.1, -0.05) is 39.5 Å². The van der Waals surface area contributed by atoms with Gasteiger partial charge in [-0.3, -0.25) is 9.63 Å². The lowest BCUT2D eigenvalue weighted by molar-refractivity contribution is -0.178. The summed E-state index contributed by atoms with van der Waals surface area (Å²) in [7, 11) is 0. The van der Waals surface area contributed by atoms with Crippen LogP contribution in [0.1, 0.15) is 52.9 Å². The summed E-state index contributed by atoms with van der Waals surface area (Å²) in [6, 6.07) is 0. The monoisotopic (exact) mass is 287 g/mol. The van der Waals surface area contributed by atoms with Crippen molar-refractivity contribution in [3.8, 4) is 0 Å². The number of rotatable bonds is 10. The minimum atomic E-state index is -0.747. The van der Waals surface area contributed by atoms with Crippen LogP contribution in [0.15, 0.2) is 0 Å². The molecule has 1 aliphatic carbocycles. The van der Waals surface area contributed by atoms with E-state index < -0.39 is 5.97 Å². The maximum Gasteiger partial charge on any atom is 0.307 e. The van der Waals surface area contributed by atoms with Crippen molar-refractivity contribution in [1.29, 1.82) is 0 Å². The van der Waals surface area contributed by atoms with Crippen LogP contribution < -0.4 is 5.48 Å². The molecule has 0 spiro atoms. The third-order valence-corrected chi connectivity index (χ3v) is 3.69. The Morgan fingerprint density at radius 3 is 2.50 bits per heavy atom. The van der Waals surface area contributed by atoms with E-state index >= 15 is 0 Å². The molecule has 1 unspecified atom stereocenters. The highest BCUT2D eigenvalue weighted by Gasteiger charge is 2.24. The van der Waals surface area contributed by atoms with Crippen LogP contribution in [-0.4, -0.2) is 30.5 Å². The highest BCUT2D eigenvalue weighted by atomic mass is 16.8. The van der Waals surface area contributed by atoms with Gasteiger partial charge in [0.05, 0.1) is 12.5 Å². The Kier molecular flexibility index (Phi) is 8.11. The van der Waals surface area contributed by atoms with Crippen molar-refractivity contribution >= 4 is 5.97 Å².